The van der Waals surface area contributed by atoms with Crippen molar-refractivity contribution < 1.29 is 24.2 Å². The van der Waals surface area contributed by atoms with E-state index in [0.29, 0.717) is 0 Å². The summed E-state index contributed by atoms with van der Waals surface area (Å²) in [6.45, 7) is 3.61. The lowest BCUT2D eigenvalue weighted by Gasteiger charge is -2.30. The monoisotopic (exact) mass is 450 g/mol. The van der Waals surface area contributed by atoms with Gasteiger partial charge in [0.25, 0.3) is 0 Å². The van der Waals surface area contributed by atoms with Gasteiger partial charge in [0, 0.05) is 5.92 Å². The zero-order valence-corrected chi connectivity index (χ0v) is 19.0. The van der Waals surface area contributed by atoms with Crippen LogP contribution in [0, 0.1) is 5.92 Å². The summed E-state index contributed by atoms with van der Waals surface area (Å²) in [6.07, 6.45) is 1.46. The summed E-state index contributed by atoms with van der Waals surface area (Å²) in [5, 5.41) is 15.0. The fraction of sp³-hybridized carbons (Fsp3) is 0.423. The summed E-state index contributed by atoms with van der Waals surface area (Å²) in [6, 6.07) is 15.4. The maximum atomic E-state index is 12.9. The molecule has 2 aliphatic carbocycles. The first-order chi connectivity index (χ1) is 15.9. The molecule has 0 bridgehead atoms. The lowest BCUT2D eigenvalue weighted by Crippen LogP contribution is -2.59. The number of alkyl carbamates (subject to hydrolysis) is 1. The van der Waals surface area contributed by atoms with Crippen molar-refractivity contribution in [2.24, 2.45) is 5.92 Å². The summed E-state index contributed by atoms with van der Waals surface area (Å²) in [5.41, 5.74) is 3.16. The van der Waals surface area contributed by atoms with Crippen LogP contribution in [0.1, 0.15) is 56.6 Å². The quantitative estimate of drug-likeness (QED) is 0.534. The average Bonchev–Trinajstić information content (AvgIpc) is 3.62. The van der Waals surface area contributed by atoms with Gasteiger partial charge in [-0.25, -0.2) is 9.59 Å². The average molecular weight is 451 g/mol. The molecule has 3 N–H and O–H groups in total. The Morgan fingerprint density at radius 2 is 1.55 bits per heavy atom. The van der Waals surface area contributed by atoms with Crippen molar-refractivity contribution in [3.63, 3.8) is 0 Å². The van der Waals surface area contributed by atoms with Crippen molar-refractivity contribution in [3.8, 4) is 11.1 Å². The van der Waals surface area contributed by atoms with Crippen molar-refractivity contribution in [1.29, 1.82) is 0 Å². The molecule has 2 aromatic carbocycles. The molecule has 2 amide bonds. The number of hydrogen-bond donors (Lipinski definition) is 3. The van der Waals surface area contributed by atoms with Crippen LogP contribution in [0.3, 0.4) is 0 Å². The number of carboxylic acids is 1. The van der Waals surface area contributed by atoms with Crippen LogP contribution in [-0.2, 0) is 14.3 Å². The van der Waals surface area contributed by atoms with Gasteiger partial charge in [-0.2, -0.15) is 0 Å². The summed E-state index contributed by atoms with van der Waals surface area (Å²) in [7, 11) is 0. The lowest BCUT2D eigenvalue weighted by molar-refractivity contribution is -0.148. The minimum atomic E-state index is -1.34. The number of nitrogens with one attached hydrogen (secondary N) is 2. The maximum absolute atomic E-state index is 12.9. The maximum Gasteiger partial charge on any atom is 0.407 e. The van der Waals surface area contributed by atoms with Crippen LogP contribution in [0.2, 0.25) is 0 Å². The van der Waals surface area contributed by atoms with Crippen LogP contribution in [-0.4, -0.2) is 41.3 Å². The van der Waals surface area contributed by atoms with E-state index in [9.17, 15) is 19.5 Å². The van der Waals surface area contributed by atoms with Gasteiger partial charge in [-0.1, -0.05) is 62.4 Å². The Hall–Kier alpha value is -3.35. The third-order valence-corrected chi connectivity index (χ3v) is 6.97. The molecule has 7 heteroatoms. The standard InChI is InChI=1S/C26H30N2O5/c1-3-26(4-2,24(30)31)28-23(29)22(16-13-14-16)27-25(32)33-15-21-19-11-7-5-9-17(19)18-10-6-8-12-20(18)21/h5-12,16,21-22H,3-4,13-15H2,1-2H3,(H,27,32)(H,28,29)(H,30,31). The molecule has 4 rings (SSSR count). The van der Waals surface area contributed by atoms with Gasteiger partial charge < -0.3 is 20.5 Å². The third kappa shape index (κ3) is 4.45. The van der Waals surface area contributed by atoms with E-state index in [1.54, 1.807) is 13.8 Å². The SMILES string of the molecule is CCC(CC)(NC(=O)C(NC(=O)OCC1c2ccccc2-c2ccccc21)C1CC1)C(=O)O. The van der Waals surface area contributed by atoms with Gasteiger partial charge in [-0.05, 0) is 53.9 Å². The Morgan fingerprint density at radius 1 is 1.00 bits per heavy atom. The number of fused-ring (bicyclic) bond motifs is 3. The van der Waals surface area contributed by atoms with Crippen LogP contribution in [0.4, 0.5) is 4.79 Å². The highest BCUT2D eigenvalue weighted by Crippen LogP contribution is 2.44. The number of rotatable bonds is 9. The first-order valence-corrected chi connectivity index (χ1v) is 11.6. The van der Waals surface area contributed by atoms with Gasteiger partial charge >= 0.3 is 12.1 Å². The molecule has 174 valence electrons. The summed E-state index contributed by atoms with van der Waals surface area (Å²) in [4.78, 5) is 37.4. The highest BCUT2D eigenvalue weighted by molar-refractivity contribution is 5.91. The Labute approximate surface area is 193 Å². The van der Waals surface area contributed by atoms with Gasteiger partial charge in [0.1, 0.15) is 18.2 Å². The molecule has 0 aliphatic heterocycles. The minimum Gasteiger partial charge on any atom is -0.480 e. The van der Waals surface area contributed by atoms with E-state index in [4.69, 9.17) is 4.74 Å². The van der Waals surface area contributed by atoms with Gasteiger partial charge in [-0.3, -0.25) is 4.79 Å². The predicted molar refractivity (Wildman–Crippen MR) is 124 cm³/mol. The van der Waals surface area contributed by atoms with E-state index in [1.165, 1.54) is 0 Å². The zero-order chi connectivity index (χ0) is 23.6. The van der Waals surface area contributed by atoms with Crippen molar-refractivity contribution >= 4 is 18.0 Å². The minimum absolute atomic E-state index is 0.00862. The Morgan fingerprint density at radius 3 is 2.03 bits per heavy atom. The molecule has 2 aromatic rings. The molecule has 1 fully saturated rings. The topological polar surface area (TPSA) is 105 Å². The lowest BCUT2D eigenvalue weighted by atomic mass is 9.92. The molecule has 2 aliphatic rings. The first kappa shape index (κ1) is 22.8. The molecule has 7 nitrogen and oxygen atoms in total. The van der Waals surface area contributed by atoms with Crippen LogP contribution in [0.25, 0.3) is 11.1 Å². The molecule has 1 saturated carbocycles. The molecular formula is C26H30N2O5. The highest BCUT2D eigenvalue weighted by Gasteiger charge is 2.43. The van der Waals surface area contributed by atoms with Gasteiger partial charge in [0.05, 0.1) is 0 Å². The second-order valence-electron chi connectivity index (χ2n) is 8.87. The summed E-state index contributed by atoms with van der Waals surface area (Å²) >= 11 is 0. The summed E-state index contributed by atoms with van der Waals surface area (Å²) < 4.78 is 5.58. The molecule has 0 heterocycles. The Bertz CT molecular complexity index is 1010. The Kier molecular flexibility index (Phi) is 6.40. The number of amides is 2. The molecule has 0 saturated heterocycles. The van der Waals surface area contributed by atoms with Crippen LogP contribution in [0.5, 0.6) is 0 Å². The van der Waals surface area contributed by atoms with Crippen LogP contribution < -0.4 is 10.6 Å². The number of aliphatic carboxylic acids is 1. The summed E-state index contributed by atoms with van der Waals surface area (Å²) in [5.74, 6) is -1.63. The Balaban J connectivity index is 1.43. The molecule has 0 spiro atoms. The van der Waals surface area contributed by atoms with Crippen molar-refractivity contribution in [2.45, 2.75) is 57.0 Å². The number of ether oxygens (including phenoxy) is 1. The molecule has 1 atom stereocenters. The van der Waals surface area contributed by atoms with Crippen molar-refractivity contribution in [3.05, 3.63) is 59.7 Å². The van der Waals surface area contributed by atoms with Crippen molar-refractivity contribution in [2.75, 3.05) is 6.61 Å². The van der Waals surface area contributed by atoms with E-state index < -0.39 is 29.6 Å². The van der Waals surface area contributed by atoms with Crippen LogP contribution >= 0.6 is 0 Å². The third-order valence-electron chi connectivity index (χ3n) is 6.97. The predicted octanol–water partition coefficient (Wildman–Crippen LogP) is 4.06. The van der Waals surface area contributed by atoms with Crippen LogP contribution in [0.15, 0.2) is 48.5 Å². The molecule has 0 aromatic heterocycles. The fourth-order valence-corrected chi connectivity index (χ4v) is 4.69. The molecule has 0 radical (unpaired) electrons. The second kappa shape index (κ2) is 9.25. The van der Waals surface area contributed by atoms with Gasteiger partial charge in [0.15, 0.2) is 0 Å². The second-order valence-corrected chi connectivity index (χ2v) is 8.87. The largest absolute Gasteiger partial charge is 0.480 e. The smallest absolute Gasteiger partial charge is 0.407 e. The number of carbonyl (C=O) groups excluding carboxylic acids is 2. The van der Waals surface area contributed by atoms with Gasteiger partial charge in [0.2, 0.25) is 5.91 Å². The molecular weight excluding hydrogens is 420 g/mol. The van der Waals surface area contributed by atoms with Gasteiger partial charge in [-0.15, -0.1) is 0 Å². The van der Waals surface area contributed by atoms with E-state index in [2.05, 4.69) is 22.8 Å². The van der Waals surface area contributed by atoms with E-state index in [-0.39, 0.29) is 31.3 Å². The first-order valence-electron chi connectivity index (χ1n) is 11.6. The fourth-order valence-electron chi connectivity index (χ4n) is 4.69. The van der Waals surface area contributed by atoms with Crippen molar-refractivity contribution in [1.82, 2.24) is 10.6 Å². The normalized spacial score (nSPS) is 15.8. The van der Waals surface area contributed by atoms with E-state index in [0.717, 1.165) is 35.1 Å². The number of hydrogen-bond acceptors (Lipinski definition) is 4. The number of carbonyl (C=O) groups is 3. The van der Waals surface area contributed by atoms with E-state index >= 15 is 0 Å². The zero-order valence-electron chi connectivity index (χ0n) is 19.0. The van der Waals surface area contributed by atoms with E-state index in [1.807, 2.05) is 36.4 Å². The molecule has 1 unspecified atom stereocenters. The highest BCUT2D eigenvalue weighted by atomic mass is 16.5. The molecule has 33 heavy (non-hydrogen) atoms. The number of benzene rings is 2. The number of carboxylic acid groups (broad SMARTS) is 1.